The predicted molar refractivity (Wildman–Crippen MR) is 97.9 cm³/mol. The predicted octanol–water partition coefficient (Wildman–Crippen LogP) is 7.02. The van der Waals surface area contributed by atoms with Crippen LogP contribution in [0.1, 0.15) is 84.0 Å². The zero-order valence-electron chi connectivity index (χ0n) is 14.0. The van der Waals surface area contributed by atoms with E-state index in [0.717, 1.165) is 0 Å². The van der Waals surface area contributed by atoms with Crippen LogP contribution in [0.4, 0.5) is 0 Å². The molecule has 0 unspecified atom stereocenters. The molecule has 0 aromatic heterocycles. The Hall–Kier alpha value is 0.720. The summed E-state index contributed by atoms with van der Waals surface area (Å²) in [6, 6.07) is 0. The number of hydrogen-bond acceptors (Lipinski definition) is 0. The molecule has 0 nitrogen and oxygen atoms in total. The molecule has 0 spiro atoms. The molecule has 118 valence electrons. The van der Waals surface area contributed by atoms with E-state index in [-0.39, 0.29) is 12.4 Å². The summed E-state index contributed by atoms with van der Waals surface area (Å²) in [6.07, 6.45) is 19.1. The number of rotatable bonds is 13. The van der Waals surface area contributed by atoms with Gasteiger partial charge in [-0.3, -0.25) is 0 Å². The Bertz CT molecular complexity index is 163. The molecule has 0 N–H and O–H groups in total. The summed E-state index contributed by atoms with van der Waals surface area (Å²) in [5.74, 6) is 0. The average Bonchev–Trinajstić information content (AvgIpc) is 2.29. The van der Waals surface area contributed by atoms with Gasteiger partial charge in [0.25, 0.3) is 0 Å². The molecular formula is C17H39ClP+. The zero-order chi connectivity index (χ0) is 13.7. The summed E-state index contributed by atoms with van der Waals surface area (Å²) < 4.78 is 0. The van der Waals surface area contributed by atoms with Crippen LogP contribution in [-0.2, 0) is 0 Å². The minimum Gasteiger partial charge on any atom is -0.147 e. The van der Waals surface area contributed by atoms with Crippen molar-refractivity contribution in [3.05, 3.63) is 0 Å². The minimum absolute atomic E-state index is 0. The molecule has 0 rings (SSSR count). The second kappa shape index (κ2) is 15.1. The van der Waals surface area contributed by atoms with Crippen molar-refractivity contribution in [2.75, 3.05) is 26.2 Å². The first-order valence-electron chi connectivity index (χ1n) is 8.36. The van der Waals surface area contributed by atoms with Gasteiger partial charge in [0.2, 0.25) is 0 Å². The highest BCUT2D eigenvalue weighted by Crippen LogP contribution is 2.47. The van der Waals surface area contributed by atoms with Gasteiger partial charge >= 0.3 is 0 Å². The van der Waals surface area contributed by atoms with Crippen LogP contribution in [0.25, 0.3) is 0 Å². The molecule has 0 atom stereocenters. The maximum Gasteiger partial charge on any atom is 0.0586 e. The molecule has 0 saturated heterocycles. The maximum atomic E-state index is 2.46. The highest BCUT2D eigenvalue weighted by atomic mass is 35.5. The monoisotopic (exact) mass is 309 g/mol. The van der Waals surface area contributed by atoms with E-state index < -0.39 is 7.26 Å². The van der Waals surface area contributed by atoms with Crippen LogP contribution in [0, 0.1) is 0 Å². The third-order valence-electron chi connectivity index (χ3n) is 3.68. The molecule has 2 heteroatoms. The smallest absolute Gasteiger partial charge is 0.0586 e. The van der Waals surface area contributed by atoms with Crippen LogP contribution in [0.5, 0.6) is 0 Å². The van der Waals surface area contributed by atoms with Gasteiger partial charge in [-0.1, -0.05) is 71.1 Å². The molecule has 19 heavy (non-hydrogen) atoms. The lowest BCUT2D eigenvalue weighted by atomic mass is 10.1. The van der Waals surface area contributed by atoms with Crippen molar-refractivity contribution in [1.29, 1.82) is 0 Å². The van der Waals surface area contributed by atoms with E-state index in [1.807, 2.05) is 0 Å². The summed E-state index contributed by atoms with van der Waals surface area (Å²) in [5.41, 5.74) is 0. The first kappa shape index (κ1) is 22.0. The second-order valence-corrected chi connectivity index (χ2v) is 11.9. The highest BCUT2D eigenvalue weighted by molar-refractivity contribution is 7.73. The molecule has 0 aromatic rings. The summed E-state index contributed by atoms with van der Waals surface area (Å²) in [4.78, 5) is 0. The fourth-order valence-corrected chi connectivity index (χ4v) is 3.60. The average molecular weight is 310 g/mol. The molecule has 0 aromatic carbocycles. The van der Waals surface area contributed by atoms with Crippen molar-refractivity contribution < 1.29 is 0 Å². The summed E-state index contributed by atoms with van der Waals surface area (Å²) in [6.45, 7) is 9.68. The maximum absolute atomic E-state index is 2.46. The lowest BCUT2D eigenvalue weighted by Gasteiger charge is -2.10. The van der Waals surface area contributed by atoms with Crippen molar-refractivity contribution in [2.24, 2.45) is 0 Å². The first-order chi connectivity index (χ1) is 8.56. The third kappa shape index (κ3) is 21.2. The Labute approximate surface area is 130 Å². The van der Waals surface area contributed by atoms with E-state index in [1.54, 1.807) is 0 Å². The van der Waals surface area contributed by atoms with E-state index in [9.17, 15) is 0 Å². The Balaban J connectivity index is 0. The summed E-state index contributed by atoms with van der Waals surface area (Å²) in [7, 11) is -0.496. The molecule has 0 radical (unpaired) electrons. The van der Waals surface area contributed by atoms with Gasteiger partial charge in [-0.05, 0) is 12.8 Å². The van der Waals surface area contributed by atoms with Crippen LogP contribution in [0.3, 0.4) is 0 Å². The van der Waals surface area contributed by atoms with Crippen LogP contribution < -0.4 is 0 Å². The van der Waals surface area contributed by atoms with Gasteiger partial charge in [-0.2, -0.15) is 0 Å². The van der Waals surface area contributed by atoms with E-state index in [2.05, 4.69) is 26.9 Å². The van der Waals surface area contributed by atoms with Crippen LogP contribution in [-0.4, -0.2) is 26.2 Å². The quantitative estimate of drug-likeness (QED) is 0.253. The molecule has 0 bridgehead atoms. The van der Waals surface area contributed by atoms with Crippen LogP contribution in [0.15, 0.2) is 0 Å². The zero-order valence-corrected chi connectivity index (χ0v) is 15.8. The second-order valence-electron chi connectivity index (χ2n) is 6.90. The van der Waals surface area contributed by atoms with Crippen molar-refractivity contribution in [2.45, 2.75) is 84.0 Å². The van der Waals surface area contributed by atoms with Crippen molar-refractivity contribution in [3.8, 4) is 0 Å². The largest absolute Gasteiger partial charge is 0.147 e. The van der Waals surface area contributed by atoms with Crippen molar-refractivity contribution in [1.82, 2.24) is 0 Å². The molecule has 0 amide bonds. The lowest BCUT2D eigenvalue weighted by molar-refractivity contribution is 0.548. The van der Waals surface area contributed by atoms with E-state index in [4.69, 9.17) is 0 Å². The van der Waals surface area contributed by atoms with Crippen LogP contribution in [0.2, 0.25) is 0 Å². The van der Waals surface area contributed by atoms with E-state index in [0.29, 0.717) is 0 Å². The topological polar surface area (TPSA) is 0 Å². The Kier molecular flexibility index (Phi) is 17.5. The molecule has 0 heterocycles. The van der Waals surface area contributed by atoms with Gasteiger partial charge in [-0.25, -0.2) is 0 Å². The van der Waals surface area contributed by atoms with Gasteiger partial charge < -0.3 is 0 Å². The van der Waals surface area contributed by atoms with E-state index >= 15 is 0 Å². The number of halogens is 1. The van der Waals surface area contributed by atoms with Gasteiger partial charge in [0, 0.05) is 27.3 Å². The molecule has 0 aliphatic carbocycles. The van der Waals surface area contributed by atoms with Gasteiger partial charge in [0.1, 0.15) is 0 Å². The van der Waals surface area contributed by atoms with Crippen LogP contribution >= 0.6 is 19.7 Å². The van der Waals surface area contributed by atoms with E-state index in [1.165, 1.54) is 83.2 Å². The Morgan fingerprint density at radius 2 is 0.842 bits per heavy atom. The normalized spacial score (nSPS) is 11.4. The third-order valence-corrected chi connectivity index (χ3v) is 5.34. The standard InChI is InChI=1S/C17H38P.ClH/c1-5-6-7-8-9-10-11-12-13-14-15-16-17-18(2,3)4;/h5-17H2,1-4H3;1H/q+1;. The molecule has 0 aliphatic rings. The number of hydrogen-bond donors (Lipinski definition) is 0. The van der Waals surface area contributed by atoms with Gasteiger partial charge in [0.05, 0.1) is 6.16 Å². The molecular weight excluding hydrogens is 271 g/mol. The van der Waals surface area contributed by atoms with Crippen molar-refractivity contribution >= 4 is 19.7 Å². The SMILES string of the molecule is CCCCCCCCCCCCCC[P+](C)(C)C.Cl. The number of unbranched alkanes of at least 4 members (excludes halogenated alkanes) is 11. The molecule has 0 aliphatic heterocycles. The first-order valence-corrected chi connectivity index (χ1v) is 11.7. The molecule has 0 fully saturated rings. The minimum atomic E-state index is -0.496. The Morgan fingerprint density at radius 1 is 0.526 bits per heavy atom. The van der Waals surface area contributed by atoms with Gasteiger partial charge in [0.15, 0.2) is 0 Å². The fraction of sp³-hybridized carbons (Fsp3) is 1.00. The Morgan fingerprint density at radius 3 is 1.16 bits per heavy atom. The van der Waals surface area contributed by atoms with Gasteiger partial charge in [-0.15, -0.1) is 12.4 Å². The summed E-state index contributed by atoms with van der Waals surface area (Å²) in [5, 5.41) is 0. The molecule has 0 saturated carbocycles. The lowest BCUT2D eigenvalue weighted by Crippen LogP contribution is -1.92. The van der Waals surface area contributed by atoms with Crippen molar-refractivity contribution in [3.63, 3.8) is 0 Å². The highest BCUT2D eigenvalue weighted by Gasteiger charge is 2.15. The fourth-order valence-electron chi connectivity index (χ4n) is 2.43. The summed E-state index contributed by atoms with van der Waals surface area (Å²) >= 11 is 0.